The summed E-state index contributed by atoms with van der Waals surface area (Å²) in [5.74, 6) is -0.327. The monoisotopic (exact) mass is 319 g/mol. The standard InChI is InChI=1S/C16H21N3O4/c20-15(14-11-17-5-8-23-14)18-13-4-2-1-3-12(13)16(21)19-6-9-22-10-7-19/h1-4,14,17H,5-11H2,(H,18,20)/t14-/m1/s1. The normalized spacial score (nSPS) is 21.7. The molecule has 0 spiro atoms. The zero-order valence-corrected chi connectivity index (χ0v) is 12.9. The van der Waals surface area contributed by atoms with Crippen LogP contribution in [-0.4, -0.2) is 68.8 Å². The SMILES string of the molecule is O=C(Nc1ccccc1C(=O)N1CCOCC1)[C@H]1CNCCO1. The first-order valence-corrected chi connectivity index (χ1v) is 7.85. The minimum Gasteiger partial charge on any atom is -0.378 e. The number of anilines is 1. The molecule has 0 bridgehead atoms. The maximum atomic E-state index is 12.7. The van der Waals surface area contributed by atoms with Crippen molar-refractivity contribution in [2.45, 2.75) is 6.10 Å². The summed E-state index contributed by atoms with van der Waals surface area (Å²) in [5.41, 5.74) is 1.01. The Morgan fingerprint density at radius 1 is 1.17 bits per heavy atom. The quantitative estimate of drug-likeness (QED) is 0.825. The predicted octanol–water partition coefficient (Wildman–Crippen LogP) is 0.0859. The van der Waals surface area contributed by atoms with E-state index < -0.39 is 6.10 Å². The average molecular weight is 319 g/mol. The second-order valence-electron chi connectivity index (χ2n) is 5.50. The van der Waals surface area contributed by atoms with Crippen LogP contribution in [0.3, 0.4) is 0 Å². The molecule has 2 amide bonds. The minimum absolute atomic E-state index is 0.0908. The summed E-state index contributed by atoms with van der Waals surface area (Å²) in [6, 6.07) is 7.06. The van der Waals surface area contributed by atoms with Gasteiger partial charge < -0.3 is 25.0 Å². The van der Waals surface area contributed by atoms with Crippen LogP contribution in [0.15, 0.2) is 24.3 Å². The van der Waals surface area contributed by atoms with Gasteiger partial charge in [-0.2, -0.15) is 0 Å². The van der Waals surface area contributed by atoms with E-state index in [2.05, 4.69) is 10.6 Å². The molecule has 2 N–H and O–H groups in total. The van der Waals surface area contributed by atoms with Crippen molar-refractivity contribution in [2.24, 2.45) is 0 Å². The maximum absolute atomic E-state index is 12.7. The molecule has 1 aromatic carbocycles. The fourth-order valence-electron chi connectivity index (χ4n) is 2.66. The summed E-state index contributed by atoms with van der Waals surface area (Å²) in [7, 11) is 0. The highest BCUT2D eigenvalue weighted by molar-refractivity contribution is 6.04. The van der Waals surface area contributed by atoms with Gasteiger partial charge >= 0.3 is 0 Å². The van der Waals surface area contributed by atoms with Crippen LogP contribution in [-0.2, 0) is 14.3 Å². The Morgan fingerprint density at radius 2 is 1.96 bits per heavy atom. The number of hydrogen-bond donors (Lipinski definition) is 2. The van der Waals surface area contributed by atoms with E-state index in [1.807, 2.05) is 0 Å². The van der Waals surface area contributed by atoms with Crippen molar-refractivity contribution in [3.8, 4) is 0 Å². The van der Waals surface area contributed by atoms with Gasteiger partial charge in [-0.05, 0) is 12.1 Å². The van der Waals surface area contributed by atoms with Crippen molar-refractivity contribution >= 4 is 17.5 Å². The summed E-state index contributed by atoms with van der Waals surface area (Å²) in [6.07, 6.45) is -0.532. The molecule has 2 heterocycles. The predicted molar refractivity (Wildman–Crippen MR) is 84.4 cm³/mol. The molecule has 0 aromatic heterocycles. The molecule has 1 aromatic rings. The van der Waals surface area contributed by atoms with E-state index in [1.165, 1.54) is 0 Å². The summed E-state index contributed by atoms with van der Waals surface area (Å²) in [5, 5.41) is 5.93. The molecular weight excluding hydrogens is 298 g/mol. The number of carbonyl (C=O) groups excluding carboxylic acids is 2. The van der Waals surface area contributed by atoms with Gasteiger partial charge in [0.2, 0.25) is 0 Å². The van der Waals surface area contributed by atoms with Crippen LogP contribution >= 0.6 is 0 Å². The van der Waals surface area contributed by atoms with E-state index in [1.54, 1.807) is 29.2 Å². The number of nitrogens with zero attached hydrogens (tertiary/aromatic N) is 1. The molecule has 3 rings (SSSR count). The van der Waals surface area contributed by atoms with Gasteiger partial charge in [-0.1, -0.05) is 12.1 Å². The third-order valence-electron chi connectivity index (χ3n) is 3.93. The number of rotatable bonds is 3. The lowest BCUT2D eigenvalue weighted by molar-refractivity contribution is -0.128. The van der Waals surface area contributed by atoms with E-state index in [0.717, 1.165) is 6.54 Å². The van der Waals surface area contributed by atoms with Crippen molar-refractivity contribution in [2.75, 3.05) is 51.3 Å². The Labute approximate surface area is 134 Å². The van der Waals surface area contributed by atoms with E-state index in [0.29, 0.717) is 50.7 Å². The Hall–Kier alpha value is -1.96. The number of morpholine rings is 2. The van der Waals surface area contributed by atoms with Gasteiger partial charge in [0.1, 0.15) is 6.10 Å². The lowest BCUT2D eigenvalue weighted by Crippen LogP contribution is -2.45. The highest BCUT2D eigenvalue weighted by Gasteiger charge is 2.25. The third kappa shape index (κ3) is 3.87. The Morgan fingerprint density at radius 3 is 2.70 bits per heavy atom. The molecule has 124 valence electrons. The molecule has 2 aliphatic rings. The molecule has 1 atom stereocenters. The third-order valence-corrected chi connectivity index (χ3v) is 3.93. The molecule has 0 radical (unpaired) electrons. The van der Waals surface area contributed by atoms with Crippen LogP contribution in [0.1, 0.15) is 10.4 Å². The van der Waals surface area contributed by atoms with E-state index in [4.69, 9.17) is 9.47 Å². The molecule has 0 aliphatic carbocycles. The van der Waals surface area contributed by atoms with Gasteiger partial charge in [-0.25, -0.2) is 0 Å². The Kier molecular flexibility index (Phi) is 5.22. The summed E-state index contributed by atoms with van der Waals surface area (Å²) in [6.45, 7) is 3.95. The zero-order chi connectivity index (χ0) is 16.1. The van der Waals surface area contributed by atoms with Crippen molar-refractivity contribution in [1.82, 2.24) is 10.2 Å². The van der Waals surface area contributed by atoms with Crippen molar-refractivity contribution in [3.63, 3.8) is 0 Å². The van der Waals surface area contributed by atoms with Gasteiger partial charge in [0, 0.05) is 26.2 Å². The largest absolute Gasteiger partial charge is 0.378 e. The van der Waals surface area contributed by atoms with Crippen LogP contribution in [0.25, 0.3) is 0 Å². The summed E-state index contributed by atoms with van der Waals surface area (Å²) >= 11 is 0. The molecular formula is C16H21N3O4. The smallest absolute Gasteiger partial charge is 0.256 e. The van der Waals surface area contributed by atoms with Crippen LogP contribution in [0, 0.1) is 0 Å². The summed E-state index contributed by atoms with van der Waals surface area (Å²) in [4.78, 5) is 26.7. The zero-order valence-electron chi connectivity index (χ0n) is 12.9. The van der Waals surface area contributed by atoms with Crippen molar-refractivity contribution in [3.05, 3.63) is 29.8 Å². The van der Waals surface area contributed by atoms with Crippen molar-refractivity contribution < 1.29 is 19.1 Å². The van der Waals surface area contributed by atoms with Crippen LogP contribution in [0.5, 0.6) is 0 Å². The van der Waals surface area contributed by atoms with E-state index in [-0.39, 0.29) is 11.8 Å². The van der Waals surface area contributed by atoms with E-state index >= 15 is 0 Å². The van der Waals surface area contributed by atoms with Gasteiger partial charge in [-0.3, -0.25) is 9.59 Å². The lowest BCUT2D eigenvalue weighted by Gasteiger charge is -2.28. The van der Waals surface area contributed by atoms with Gasteiger partial charge in [0.25, 0.3) is 11.8 Å². The number of amides is 2. The Balaban J connectivity index is 1.72. The number of carbonyl (C=O) groups is 2. The second kappa shape index (κ2) is 7.54. The molecule has 7 heteroatoms. The number of ether oxygens (including phenoxy) is 2. The lowest BCUT2D eigenvalue weighted by atomic mass is 10.1. The molecule has 2 aliphatic heterocycles. The van der Waals surface area contributed by atoms with Gasteiger partial charge in [0.05, 0.1) is 31.1 Å². The van der Waals surface area contributed by atoms with Crippen LogP contribution in [0.2, 0.25) is 0 Å². The van der Waals surface area contributed by atoms with Gasteiger partial charge in [0.15, 0.2) is 0 Å². The summed E-state index contributed by atoms with van der Waals surface area (Å²) < 4.78 is 10.7. The molecule has 0 unspecified atom stereocenters. The molecule has 23 heavy (non-hydrogen) atoms. The van der Waals surface area contributed by atoms with E-state index in [9.17, 15) is 9.59 Å². The average Bonchev–Trinajstić information content (AvgIpc) is 2.63. The molecule has 2 fully saturated rings. The van der Waals surface area contributed by atoms with Gasteiger partial charge in [-0.15, -0.1) is 0 Å². The number of para-hydroxylation sites is 1. The highest BCUT2D eigenvalue weighted by atomic mass is 16.5. The van der Waals surface area contributed by atoms with Crippen LogP contribution < -0.4 is 10.6 Å². The fourth-order valence-corrected chi connectivity index (χ4v) is 2.66. The molecule has 0 saturated carbocycles. The van der Waals surface area contributed by atoms with Crippen LogP contribution in [0.4, 0.5) is 5.69 Å². The first-order chi connectivity index (χ1) is 11.3. The first-order valence-electron chi connectivity index (χ1n) is 7.85. The minimum atomic E-state index is -0.532. The number of nitrogens with one attached hydrogen (secondary N) is 2. The Bertz CT molecular complexity index is 566. The van der Waals surface area contributed by atoms with Crippen molar-refractivity contribution in [1.29, 1.82) is 0 Å². The molecule has 2 saturated heterocycles. The second-order valence-corrected chi connectivity index (χ2v) is 5.50. The topological polar surface area (TPSA) is 79.9 Å². The fraction of sp³-hybridized carbons (Fsp3) is 0.500. The molecule has 7 nitrogen and oxygen atoms in total. The first kappa shape index (κ1) is 15.9. The highest BCUT2D eigenvalue weighted by Crippen LogP contribution is 2.18. The maximum Gasteiger partial charge on any atom is 0.256 e. The number of benzene rings is 1. The number of hydrogen-bond acceptors (Lipinski definition) is 5.